The number of hydrogen-bond acceptors (Lipinski definition) is 6. The summed E-state index contributed by atoms with van der Waals surface area (Å²) in [5.74, 6) is -0.983. The Morgan fingerprint density at radius 2 is 0.647 bits per heavy atom. The first-order valence-electron chi connectivity index (χ1n) is 28.3. The molecule has 0 aliphatic carbocycles. The molecule has 0 bridgehead atoms. The summed E-state index contributed by atoms with van der Waals surface area (Å²) in [6, 6.07) is 0. The minimum absolute atomic E-state index is 0.108. The van der Waals surface area contributed by atoms with Gasteiger partial charge in [0.1, 0.15) is 13.2 Å². The zero-order valence-corrected chi connectivity index (χ0v) is 44.3. The molecule has 1 atom stereocenters. The molecule has 388 valence electrons. The summed E-state index contributed by atoms with van der Waals surface area (Å²) in [5, 5.41) is 0. The molecule has 0 saturated carbocycles. The van der Waals surface area contributed by atoms with Crippen LogP contribution in [0.25, 0.3) is 0 Å². The Hall–Kier alpha value is -3.67. The van der Waals surface area contributed by atoms with Gasteiger partial charge in [0.2, 0.25) is 0 Å². The molecule has 0 aromatic carbocycles. The largest absolute Gasteiger partial charge is 0.462 e. The molecule has 0 fully saturated rings. The van der Waals surface area contributed by atoms with E-state index >= 15 is 0 Å². The second-order valence-electron chi connectivity index (χ2n) is 18.5. The number of esters is 3. The third kappa shape index (κ3) is 53.3. The van der Waals surface area contributed by atoms with E-state index in [-0.39, 0.29) is 37.5 Å². The van der Waals surface area contributed by atoms with E-state index in [4.69, 9.17) is 14.2 Å². The van der Waals surface area contributed by atoms with E-state index in [2.05, 4.69) is 118 Å². The van der Waals surface area contributed by atoms with Crippen molar-refractivity contribution in [3.8, 4) is 0 Å². The number of carbonyl (C=O) groups is 3. The van der Waals surface area contributed by atoms with Crippen molar-refractivity contribution in [1.82, 2.24) is 0 Å². The van der Waals surface area contributed by atoms with Crippen LogP contribution in [0.1, 0.15) is 258 Å². The predicted octanol–water partition coefficient (Wildman–Crippen LogP) is 18.9. The van der Waals surface area contributed by atoms with Gasteiger partial charge in [0, 0.05) is 19.3 Å². The molecule has 1 unspecified atom stereocenters. The van der Waals surface area contributed by atoms with Gasteiger partial charge in [-0.15, -0.1) is 0 Å². The zero-order chi connectivity index (χ0) is 49.3. The van der Waals surface area contributed by atoms with Crippen LogP contribution in [0.3, 0.4) is 0 Å². The highest BCUT2D eigenvalue weighted by Gasteiger charge is 2.19. The fourth-order valence-electron chi connectivity index (χ4n) is 7.61. The highest BCUT2D eigenvalue weighted by atomic mass is 16.6. The second-order valence-corrected chi connectivity index (χ2v) is 18.5. The van der Waals surface area contributed by atoms with Gasteiger partial charge < -0.3 is 14.2 Å². The third-order valence-electron chi connectivity index (χ3n) is 11.9. The first kappa shape index (κ1) is 64.3. The van der Waals surface area contributed by atoms with Crippen molar-refractivity contribution in [3.63, 3.8) is 0 Å². The molecule has 0 rings (SSSR count). The van der Waals surface area contributed by atoms with E-state index in [0.29, 0.717) is 19.3 Å². The van der Waals surface area contributed by atoms with E-state index in [1.807, 2.05) is 0 Å². The number of rotatable bonds is 50. The van der Waals surface area contributed by atoms with Crippen LogP contribution in [0.15, 0.2) is 97.2 Å². The van der Waals surface area contributed by atoms with E-state index in [9.17, 15) is 14.4 Å². The van der Waals surface area contributed by atoms with Gasteiger partial charge in [0.05, 0.1) is 0 Å². The normalized spacial score (nSPS) is 12.8. The van der Waals surface area contributed by atoms with Gasteiger partial charge in [-0.25, -0.2) is 0 Å². The van der Waals surface area contributed by atoms with E-state index in [0.717, 1.165) is 89.9 Å². The van der Waals surface area contributed by atoms with Crippen molar-refractivity contribution in [3.05, 3.63) is 97.2 Å². The van der Waals surface area contributed by atoms with E-state index in [1.54, 1.807) is 0 Å². The van der Waals surface area contributed by atoms with Crippen LogP contribution in [0.2, 0.25) is 0 Å². The first-order valence-corrected chi connectivity index (χ1v) is 28.3. The van der Waals surface area contributed by atoms with Gasteiger partial charge in [-0.1, -0.05) is 234 Å². The molecule has 0 aromatic rings. The van der Waals surface area contributed by atoms with E-state index in [1.165, 1.54) is 122 Å². The number of carbonyl (C=O) groups excluding carboxylic acids is 3. The van der Waals surface area contributed by atoms with Crippen molar-refractivity contribution in [2.75, 3.05) is 13.2 Å². The van der Waals surface area contributed by atoms with Gasteiger partial charge >= 0.3 is 17.9 Å². The van der Waals surface area contributed by atoms with Gasteiger partial charge in [-0.3, -0.25) is 14.4 Å². The van der Waals surface area contributed by atoms with Crippen LogP contribution < -0.4 is 0 Å². The molecular formula is C62H104O6. The zero-order valence-electron chi connectivity index (χ0n) is 44.3. The Labute approximate surface area is 419 Å². The maximum Gasteiger partial charge on any atom is 0.306 e. The highest BCUT2D eigenvalue weighted by molar-refractivity contribution is 5.71. The lowest BCUT2D eigenvalue weighted by Gasteiger charge is -2.18. The molecule has 0 saturated heterocycles. The minimum Gasteiger partial charge on any atom is -0.462 e. The fraction of sp³-hybridized carbons (Fsp3) is 0.694. The Morgan fingerprint density at radius 3 is 1.10 bits per heavy atom. The van der Waals surface area contributed by atoms with Crippen LogP contribution in [0.5, 0.6) is 0 Å². The summed E-state index contributed by atoms with van der Waals surface area (Å²) in [7, 11) is 0. The average Bonchev–Trinajstić information content (AvgIpc) is 3.34. The van der Waals surface area contributed by atoms with Gasteiger partial charge in [-0.05, 0) is 103 Å². The van der Waals surface area contributed by atoms with Crippen molar-refractivity contribution >= 4 is 17.9 Å². The fourth-order valence-corrected chi connectivity index (χ4v) is 7.61. The van der Waals surface area contributed by atoms with Crippen molar-refractivity contribution in [2.45, 2.75) is 264 Å². The second kappa shape index (κ2) is 55.9. The molecule has 68 heavy (non-hydrogen) atoms. The Bertz CT molecular complexity index is 1360. The van der Waals surface area contributed by atoms with Gasteiger partial charge in [-0.2, -0.15) is 0 Å². The molecule has 0 aliphatic heterocycles. The summed E-state index contributed by atoms with van der Waals surface area (Å²) < 4.78 is 16.8. The lowest BCUT2D eigenvalue weighted by molar-refractivity contribution is -0.167. The van der Waals surface area contributed by atoms with E-state index < -0.39 is 6.10 Å². The molecule has 0 aromatic heterocycles. The molecule has 0 heterocycles. The summed E-state index contributed by atoms with van der Waals surface area (Å²) in [5.41, 5.74) is 0. The summed E-state index contributed by atoms with van der Waals surface area (Å²) >= 11 is 0. The van der Waals surface area contributed by atoms with Crippen molar-refractivity contribution < 1.29 is 28.6 Å². The minimum atomic E-state index is -0.816. The smallest absolute Gasteiger partial charge is 0.306 e. The quantitative estimate of drug-likeness (QED) is 0.0199. The summed E-state index contributed by atoms with van der Waals surface area (Å²) in [4.78, 5) is 38.1. The molecule has 0 aliphatic rings. The molecule has 6 nitrogen and oxygen atoms in total. The van der Waals surface area contributed by atoms with Crippen LogP contribution >= 0.6 is 0 Å². The Balaban J connectivity index is 4.49. The summed E-state index contributed by atoms with van der Waals surface area (Å²) in [6.07, 6.45) is 74.0. The van der Waals surface area contributed by atoms with Gasteiger partial charge in [0.25, 0.3) is 0 Å². The Morgan fingerprint density at radius 1 is 0.324 bits per heavy atom. The Kier molecular flexibility index (Phi) is 52.9. The van der Waals surface area contributed by atoms with Crippen LogP contribution in [-0.4, -0.2) is 37.2 Å². The average molecular weight is 946 g/mol. The van der Waals surface area contributed by atoms with Crippen molar-refractivity contribution in [2.24, 2.45) is 0 Å². The number of unbranched alkanes of at least 4 members (excludes halogenated alkanes) is 25. The third-order valence-corrected chi connectivity index (χ3v) is 11.9. The lowest BCUT2D eigenvalue weighted by Crippen LogP contribution is -2.30. The molecule has 6 heteroatoms. The number of hydrogen-bond donors (Lipinski definition) is 0. The topological polar surface area (TPSA) is 78.9 Å². The number of allylic oxidation sites excluding steroid dienone is 16. The molecule has 0 radical (unpaired) electrons. The standard InChI is InChI=1S/C62H104O6/c1-4-7-10-13-16-19-22-25-28-30-32-34-37-40-43-46-49-52-55-61(64)67-58-59(57-66-60(63)54-51-48-45-42-39-36-33-27-24-21-18-15-12-9-6-3)68-62(65)56-53-50-47-44-41-38-35-31-29-26-23-20-17-14-11-8-5-2/h9,12,15,17-18,20-21,24,26,29,32,34-35,38,44,47,59H,4-8,10-11,13-14,16,19,22-23,25,27-28,30-31,33,36-37,39-43,45-46,48-58H2,1-3H3/b12-9-,18-15-,20-17-,24-21-,29-26-,34-32-,38-35-,47-44-. The SMILES string of the molecule is CC\C=C/C=C\C=C/CCCCCCCCCC(=O)OCC(COC(=O)CCCCCCC/C=C\CCCCCCCCCCC)OC(=O)CCC/C=C\C/C=C\C/C=C\C/C=C\CCCCC. The maximum atomic E-state index is 12.8. The monoisotopic (exact) mass is 945 g/mol. The number of ether oxygens (including phenoxy) is 3. The summed E-state index contributed by atoms with van der Waals surface area (Å²) in [6.45, 7) is 6.43. The molecular weight excluding hydrogens is 841 g/mol. The predicted molar refractivity (Wildman–Crippen MR) is 293 cm³/mol. The highest BCUT2D eigenvalue weighted by Crippen LogP contribution is 2.14. The first-order chi connectivity index (χ1) is 33.5. The molecule has 0 amide bonds. The van der Waals surface area contributed by atoms with Crippen LogP contribution in [0, 0.1) is 0 Å². The lowest BCUT2D eigenvalue weighted by atomic mass is 10.1. The maximum absolute atomic E-state index is 12.8. The van der Waals surface area contributed by atoms with Crippen LogP contribution in [-0.2, 0) is 28.6 Å². The van der Waals surface area contributed by atoms with Crippen LogP contribution in [0.4, 0.5) is 0 Å². The molecule has 0 spiro atoms. The van der Waals surface area contributed by atoms with Gasteiger partial charge in [0.15, 0.2) is 6.10 Å². The van der Waals surface area contributed by atoms with Crippen molar-refractivity contribution in [1.29, 1.82) is 0 Å². The molecule has 0 N–H and O–H groups in total.